The van der Waals surface area contributed by atoms with E-state index in [1.165, 1.54) is 12.1 Å². The predicted molar refractivity (Wildman–Crippen MR) is 73.1 cm³/mol. The molecule has 0 aromatic heterocycles. The molecule has 114 valence electrons. The molecule has 1 aromatic carbocycles. The van der Waals surface area contributed by atoms with Gasteiger partial charge in [0.2, 0.25) is 0 Å². The zero-order chi connectivity index (χ0) is 13.7. The van der Waals surface area contributed by atoms with Crippen molar-refractivity contribution in [2.24, 2.45) is 0 Å². The smallest absolute Gasteiger partial charge is 0.406 e. The SMILES string of the molecule is Cl.FC(F)(F)Oc1cccc(CN2CCCNCC2)c1. The first-order valence-corrected chi connectivity index (χ1v) is 6.31. The molecule has 20 heavy (non-hydrogen) atoms. The Kier molecular flexibility index (Phi) is 6.58. The van der Waals surface area contributed by atoms with E-state index in [0.717, 1.165) is 38.2 Å². The lowest BCUT2D eigenvalue weighted by molar-refractivity contribution is -0.274. The van der Waals surface area contributed by atoms with Crippen LogP contribution in [-0.2, 0) is 6.54 Å². The molecule has 1 N–H and O–H groups in total. The highest BCUT2D eigenvalue weighted by Gasteiger charge is 2.31. The maximum absolute atomic E-state index is 12.1. The van der Waals surface area contributed by atoms with Gasteiger partial charge in [-0.15, -0.1) is 25.6 Å². The van der Waals surface area contributed by atoms with Crippen molar-refractivity contribution in [2.45, 2.75) is 19.3 Å². The summed E-state index contributed by atoms with van der Waals surface area (Å²) in [5.74, 6) is -0.155. The molecule has 0 bridgehead atoms. The van der Waals surface area contributed by atoms with Gasteiger partial charge in [-0.25, -0.2) is 0 Å². The number of nitrogens with one attached hydrogen (secondary N) is 1. The van der Waals surface area contributed by atoms with E-state index < -0.39 is 6.36 Å². The molecule has 3 nitrogen and oxygen atoms in total. The molecule has 1 aliphatic heterocycles. The number of rotatable bonds is 3. The second kappa shape index (κ2) is 7.71. The van der Waals surface area contributed by atoms with Crippen LogP contribution in [0.3, 0.4) is 0 Å². The Morgan fingerprint density at radius 3 is 2.75 bits per heavy atom. The van der Waals surface area contributed by atoms with Crippen molar-refractivity contribution in [1.82, 2.24) is 10.2 Å². The molecule has 0 saturated carbocycles. The van der Waals surface area contributed by atoms with Crippen LogP contribution in [0.2, 0.25) is 0 Å². The second-order valence-corrected chi connectivity index (χ2v) is 4.57. The predicted octanol–water partition coefficient (Wildman–Crippen LogP) is 2.80. The maximum atomic E-state index is 12.1. The van der Waals surface area contributed by atoms with Crippen molar-refractivity contribution in [1.29, 1.82) is 0 Å². The first-order chi connectivity index (χ1) is 9.03. The molecule has 1 aromatic rings. The minimum atomic E-state index is -4.63. The Labute approximate surface area is 122 Å². The zero-order valence-corrected chi connectivity index (χ0v) is 11.8. The normalized spacial score (nSPS) is 17.1. The summed E-state index contributed by atoms with van der Waals surface area (Å²) < 4.78 is 40.4. The van der Waals surface area contributed by atoms with Crippen molar-refractivity contribution in [3.63, 3.8) is 0 Å². The number of benzene rings is 1. The number of alkyl halides is 3. The summed E-state index contributed by atoms with van der Waals surface area (Å²) in [7, 11) is 0. The van der Waals surface area contributed by atoms with Gasteiger partial charge in [-0.2, -0.15) is 0 Å². The van der Waals surface area contributed by atoms with E-state index in [4.69, 9.17) is 0 Å². The maximum Gasteiger partial charge on any atom is 0.573 e. The molecule has 0 aliphatic carbocycles. The standard InChI is InChI=1S/C13H17F3N2O.ClH/c14-13(15,16)19-12-4-1-3-11(9-12)10-18-7-2-5-17-6-8-18;/h1,3-4,9,17H,2,5-8,10H2;1H. The van der Waals surface area contributed by atoms with E-state index in [9.17, 15) is 13.2 Å². The topological polar surface area (TPSA) is 24.5 Å². The Bertz CT molecular complexity index is 407. The van der Waals surface area contributed by atoms with E-state index in [2.05, 4.69) is 15.0 Å². The minimum Gasteiger partial charge on any atom is -0.406 e. The van der Waals surface area contributed by atoms with Gasteiger partial charge in [-0.05, 0) is 37.2 Å². The van der Waals surface area contributed by atoms with E-state index in [-0.39, 0.29) is 18.2 Å². The van der Waals surface area contributed by atoms with Gasteiger partial charge in [0.25, 0.3) is 0 Å². The third-order valence-corrected chi connectivity index (χ3v) is 2.97. The van der Waals surface area contributed by atoms with E-state index in [1.54, 1.807) is 6.07 Å². The third-order valence-electron chi connectivity index (χ3n) is 2.97. The zero-order valence-electron chi connectivity index (χ0n) is 10.9. The summed E-state index contributed by atoms with van der Waals surface area (Å²) in [4.78, 5) is 2.23. The number of halogens is 4. The molecule has 2 rings (SSSR count). The van der Waals surface area contributed by atoms with Gasteiger partial charge in [-0.3, -0.25) is 4.90 Å². The van der Waals surface area contributed by atoms with Crippen molar-refractivity contribution in [2.75, 3.05) is 26.2 Å². The monoisotopic (exact) mass is 310 g/mol. The van der Waals surface area contributed by atoms with Crippen LogP contribution in [-0.4, -0.2) is 37.4 Å². The van der Waals surface area contributed by atoms with Crippen LogP contribution in [0.15, 0.2) is 24.3 Å². The van der Waals surface area contributed by atoms with Crippen molar-refractivity contribution < 1.29 is 17.9 Å². The number of nitrogens with zero attached hydrogens (tertiary/aromatic N) is 1. The van der Waals surface area contributed by atoms with Gasteiger partial charge in [0.15, 0.2) is 0 Å². The molecule has 0 unspecified atom stereocenters. The fourth-order valence-corrected chi connectivity index (χ4v) is 2.16. The fourth-order valence-electron chi connectivity index (χ4n) is 2.16. The van der Waals surface area contributed by atoms with E-state index >= 15 is 0 Å². The average Bonchev–Trinajstić information content (AvgIpc) is 2.56. The van der Waals surface area contributed by atoms with Crippen LogP contribution >= 0.6 is 12.4 Å². The Hall–Kier alpha value is -0.980. The molecule has 0 spiro atoms. The van der Waals surface area contributed by atoms with Gasteiger partial charge < -0.3 is 10.1 Å². The highest BCUT2D eigenvalue weighted by atomic mass is 35.5. The summed E-state index contributed by atoms with van der Waals surface area (Å²) in [6, 6.07) is 6.18. The molecule has 1 heterocycles. The van der Waals surface area contributed by atoms with Gasteiger partial charge in [0.1, 0.15) is 5.75 Å². The first-order valence-electron chi connectivity index (χ1n) is 6.31. The molecule has 7 heteroatoms. The Balaban J connectivity index is 0.00000200. The summed E-state index contributed by atoms with van der Waals surface area (Å²) in [6.07, 6.45) is -3.58. The summed E-state index contributed by atoms with van der Waals surface area (Å²) >= 11 is 0. The minimum absolute atomic E-state index is 0. The van der Waals surface area contributed by atoms with Gasteiger partial charge in [0, 0.05) is 19.6 Å². The molecule has 1 saturated heterocycles. The number of hydrogen-bond donors (Lipinski definition) is 1. The lowest BCUT2D eigenvalue weighted by atomic mass is 10.2. The average molecular weight is 311 g/mol. The van der Waals surface area contributed by atoms with E-state index in [1.807, 2.05) is 6.07 Å². The number of hydrogen-bond acceptors (Lipinski definition) is 3. The lowest BCUT2D eigenvalue weighted by Crippen LogP contribution is -2.27. The second-order valence-electron chi connectivity index (χ2n) is 4.57. The molecule has 0 radical (unpaired) electrons. The van der Waals surface area contributed by atoms with Crippen LogP contribution in [0.25, 0.3) is 0 Å². The van der Waals surface area contributed by atoms with Gasteiger partial charge >= 0.3 is 6.36 Å². The molecule has 0 atom stereocenters. The summed E-state index contributed by atoms with van der Waals surface area (Å²) in [5, 5.41) is 3.29. The lowest BCUT2D eigenvalue weighted by Gasteiger charge is -2.19. The summed E-state index contributed by atoms with van der Waals surface area (Å²) in [5.41, 5.74) is 0.837. The van der Waals surface area contributed by atoms with Crippen LogP contribution < -0.4 is 10.1 Å². The van der Waals surface area contributed by atoms with Crippen LogP contribution in [0.4, 0.5) is 13.2 Å². The molecule has 1 fully saturated rings. The third kappa shape index (κ3) is 5.98. The van der Waals surface area contributed by atoms with Crippen LogP contribution in [0.5, 0.6) is 5.75 Å². The highest BCUT2D eigenvalue weighted by Crippen LogP contribution is 2.23. The van der Waals surface area contributed by atoms with Crippen molar-refractivity contribution in [3.8, 4) is 5.75 Å². The molecule has 0 amide bonds. The quantitative estimate of drug-likeness (QED) is 0.929. The Morgan fingerprint density at radius 2 is 2.00 bits per heavy atom. The van der Waals surface area contributed by atoms with E-state index in [0.29, 0.717) is 6.54 Å². The fraction of sp³-hybridized carbons (Fsp3) is 0.538. The van der Waals surface area contributed by atoms with Crippen LogP contribution in [0, 0.1) is 0 Å². The number of ether oxygens (including phenoxy) is 1. The van der Waals surface area contributed by atoms with Crippen molar-refractivity contribution in [3.05, 3.63) is 29.8 Å². The largest absolute Gasteiger partial charge is 0.573 e. The van der Waals surface area contributed by atoms with Gasteiger partial charge in [-0.1, -0.05) is 12.1 Å². The first kappa shape index (κ1) is 17.1. The molecule has 1 aliphatic rings. The summed E-state index contributed by atoms with van der Waals surface area (Å²) in [6.45, 7) is 4.42. The van der Waals surface area contributed by atoms with Crippen LogP contribution in [0.1, 0.15) is 12.0 Å². The molecular weight excluding hydrogens is 293 g/mol. The Morgan fingerprint density at radius 1 is 1.20 bits per heavy atom. The highest BCUT2D eigenvalue weighted by molar-refractivity contribution is 5.85. The molecular formula is C13H18ClF3N2O. The van der Waals surface area contributed by atoms with Gasteiger partial charge in [0.05, 0.1) is 0 Å². The van der Waals surface area contributed by atoms with Crippen molar-refractivity contribution >= 4 is 12.4 Å².